The summed E-state index contributed by atoms with van der Waals surface area (Å²) < 4.78 is 0. The van der Waals surface area contributed by atoms with Crippen molar-refractivity contribution in [3.8, 4) is 29.1 Å². The van der Waals surface area contributed by atoms with E-state index in [9.17, 15) is 40.0 Å². The zero-order valence-corrected chi connectivity index (χ0v) is 18.4. The van der Waals surface area contributed by atoms with E-state index < -0.39 is 50.1 Å². The lowest BCUT2D eigenvalue weighted by atomic mass is 10.1. The minimum absolute atomic E-state index is 0.0676. The minimum atomic E-state index is -0.887. The fraction of sp³-hybridized carbons (Fsp3) is 0.190. The van der Waals surface area contributed by atoms with Gasteiger partial charge in [-0.1, -0.05) is 0 Å². The normalized spacial score (nSPS) is 10.4. The van der Waals surface area contributed by atoms with Crippen molar-refractivity contribution in [3.05, 3.63) is 61.2 Å². The molecule has 14 heteroatoms. The zero-order chi connectivity index (χ0) is 26.9. The maximum absolute atomic E-state index is 12.1. The van der Waals surface area contributed by atoms with Gasteiger partial charge in [-0.15, -0.1) is 0 Å². The lowest BCUT2D eigenvalue weighted by molar-refractivity contribution is -0.386. The van der Waals surface area contributed by atoms with Crippen LogP contribution in [0.1, 0.15) is 29.8 Å². The second kappa shape index (κ2) is 12.2. The Balaban J connectivity index is 0.000000400. The Morgan fingerprint density at radius 2 is 1.37 bits per heavy atom. The SMILES string of the molecule is CCN(CC)C(=O)C(C#N)=Cc1cc(O)c(O)c([N+](=O)[O-])c1.O=Cc1cc(O)c(O)c([N+](=O)[O-])c1. The molecule has 14 nitrogen and oxygen atoms in total. The third-order valence-corrected chi connectivity index (χ3v) is 4.43. The Morgan fingerprint density at radius 1 is 0.943 bits per heavy atom. The van der Waals surface area contributed by atoms with E-state index in [-0.39, 0.29) is 16.7 Å². The third kappa shape index (κ3) is 6.89. The van der Waals surface area contributed by atoms with Crippen molar-refractivity contribution in [2.45, 2.75) is 13.8 Å². The number of hydrogen-bond acceptors (Lipinski definition) is 11. The number of phenolic OH excluding ortho intramolecular Hbond substituents is 4. The van der Waals surface area contributed by atoms with Crippen LogP contribution in [0, 0.1) is 31.6 Å². The fourth-order valence-corrected chi connectivity index (χ4v) is 2.67. The van der Waals surface area contributed by atoms with Gasteiger partial charge >= 0.3 is 11.4 Å². The molecule has 0 unspecified atom stereocenters. The van der Waals surface area contributed by atoms with Gasteiger partial charge in [0, 0.05) is 30.8 Å². The molecule has 35 heavy (non-hydrogen) atoms. The van der Waals surface area contributed by atoms with Crippen LogP contribution in [0.25, 0.3) is 6.08 Å². The Morgan fingerprint density at radius 3 is 1.74 bits per heavy atom. The number of nitro benzene ring substituents is 2. The molecule has 0 aliphatic carbocycles. The molecule has 0 atom stereocenters. The lowest BCUT2D eigenvalue weighted by Gasteiger charge is -2.17. The number of nitrogens with zero attached hydrogens (tertiary/aromatic N) is 4. The number of carbonyl (C=O) groups is 2. The van der Waals surface area contributed by atoms with E-state index in [0.717, 1.165) is 30.3 Å². The van der Waals surface area contributed by atoms with Crippen molar-refractivity contribution in [3.63, 3.8) is 0 Å². The molecule has 0 fully saturated rings. The molecule has 0 heterocycles. The highest BCUT2D eigenvalue weighted by Gasteiger charge is 2.21. The average molecular weight is 488 g/mol. The molecular weight excluding hydrogens is 468 g/mol. The minimum Gasteiger partial charge on any atom is -0.504 e. The number of phenols is 4. The number of hydrogen-bond donors (Lipinski definition) is 4. The van der Waals surface area contributed by atoms with E-state index in [1.807, 2.05) is 0 Å². The molecule has 2 aromatic carbocycles. The molecule has 0 aromatic heterocycles. The summed E-state index contributed by atoms with van der Waals surface area (Å²) in [6, 6.07) is 5.57. The van der Waals surface area contributed by atoms with Gasteiger partial charge in [0.25, 0.3) is 5.91 Å². The Kier molecular flexibility index (Phi) is 9.67. The van der Waals surface area contributed by atoms with Crippen molar-refractivity contribution >= 4 is 29.6 Å². The van der Waals surface area contributed by atoms with Crippen LogP contribution in [0.3, 0.4) is 0 Å². The van der Waals surface area contributed by atoms with Crippen LogP contribution >= 0.6 is 0 Å². The highest BCUT2D eigenvalue weighted by molar-refractivity contribution is 6.01. The smallest absolute Gasteiger partial charge is 0.315 e. The molecule has 184 valence electrons. The summed E-state index contributed by atoms with van der Waals surface area (Å²) in [7, 11) is 0. The number of carbonyl (C=O) groups excluding carboxylic acids is 2. The van der Waals surface area contributed by atoms with E-state index >= 15 is 0 Å². The van der Waals surface area contributed by atoms with Crippen molar-refractivity contribution in [1.29, 1.82) is 5.26 Å². The van der Waals surface area contributed by atoms with E-state index in [1.54, 1.807) is 19.9 Å². The van der Waals surface area contributed by atoms with Gasteiger partial charge in [-0.05, 0) is 37.6 Å². The van der Waals surface area contributed by atoms with Gasteiger partial charge in [0.15, 0.2) is 11.5 Å². The lowest BCUT2D eigenvalue weighted by Crippen LogP contribution is -2.31. The number of rotatable bonds is 7. The number of aldehydes is 1. The second-order valence-electron chi connectivity index (χ2n) is 6.59. The first-order chi connectivity index (χ1) is 16.4. The Labute approximate surface area is 197 Å². The number of nitro groups is 2. The topological polar surface area (TPSA) is 228 Å². The summed E-state index contributed by atoms with van der Waals surface area (Å²) in [5.74, 6) is -3.60. The molecular formula is C21H20N4O10. The van der Waals surface area contributed by atoms with E-state index in [4.69, 9.17) is 15.5 Å². The monoisotopic (exact) mass is 488 g/mol. The molecule has 0 radical (unpaired) electrons. The first-order valence-electron chi connectivity index (χ1n) is 9.68. The van der Waals surface area contributed by atoms with Crippen LogP contribution in [-0.2, 0) is 4.79 Å². The van der Waals surface area contributed by atoms with Crippen LogP contribution in [0.2, 0.25) is 0 Å². The first kappa shape index (κ1) is 27.8. The van der Waals surface area contributed by atoms with Crippen LogP contribution < -0.4 is 0 Å². The van der Waals surface area contributed by atoms with Crippen LogP contribution in [0.4, 0.5) is 11.4 Å². The third-order valence-electron chi connectivity index (χ3n) is 4.43. The zero-order valence-electron chi connectivity index (χ0n) is 18.4. The van der Waals surface area contributed by atoms with Gasteiger partial charge in [0.2, 0.25) is 11.5 Å². The highest BCUT2D eigenvalue weighted by atomic mass is 16.6. The highest BCUT2D eigenvalue weighted by Crippen LogP contribution is 2.37. The number of amides is 1. The van der Waals surface area contributed by atoms with Gasteiger partial charge in [-0.3, -0.25) is 29.8 Å². The predicted octanol–water partition coefficient (Wildman–Crippen LogP) is 2.60. The molecule has 2 aromatic rings. The molecule has 0 aliphatic rings. The van der Waals surface area contributed by atoms with Crippen LogP contribution in [-0.4, -0.2) is 60.5 Å². The largest absolute Gasteiger partial charge is 0.504 e. The van der Waals surface area contributed by atoms with Crippen molar-refractivity contribution in [2.24, 2.45) is 0 Å². The van der Waals surface area contributed by atoms with Crippen LogP contribution in [0.15, 0.2) is 29.8 Å². The standard InChI is InChI=1S/C14H15N3O5.C7H5NO5/c1-3-16(4-2)14(20)10(8-15)5-9-6-11(17(21)22)13(19)12(18)7-9;9-3-4-1-5(8(12)13)7(11)6(10)2-4/h5-7,18-19H,3-4H2,1-2H3;1-3,10-11H. The maximum Gasteiger partial charge on any atom is 0.315 e. The summed E-state index contributed by atoms with van der Waals surface area (Å²) in [6.07, 6.45) is 1.47. The number of nitriles is 1. The summed E-state index contributed by atoms with van der Waals surface area (Å²) in [6.45, 7) is 4.34. The van der Waals surface area contributed by atoms with Gasteiger partial charge in [0.1, 0.15) is 17.9 Å². The molecule has 2 rings (SSSR count). The summed E-state index contributed by atoms with van der Waals surface area (Å²) in [5.41, 5.74) is -1.62. The van der Waals surface area contributed by atoms with Crippen molar-refractivity contribution in [1.82, 2.24) is 4.90 Å². The molecule has 0 bridgehead atoms. The molecule has 0 aliphatic heterocycles. The van der Waals surface area contributed by atoms with Gasteiger partial charge in [-0.2, -0.15) is 5.26 Å². The summed E-state index contributed by atoms with van der Waals surface area (Å²) >= 11 is 0. The molecule has 4 N–H and O–H groups in total. The number of aromatic hydroxyl groups is 4. The van der Waals surface area contributed by atoms with Gasteiger partial charge in [0.05, 0.1) is 9.85 Å². The Bertz CT molecular complexity index is 1230. The second-order valence-corrected chi connectivity index (χ2v) is 6.59. The van der Waals surface area contributed by atoms with Crippen molar-refractivity contribution < 1.29 is 39.9 Å². The van der Waals surface area contributed by atoms with Gasteiger partial charge in [-0.25, -0.2) is 0 Å². The maximum atomic E-state index is 12.1. The summed E-state index contributed by atoms with van der Waals surface area (Å²) in [4.78, 5) is 43.0. The van der Waals surface area contributed by atoms with E-state index in [2.05, 4.69) is 0 Å². The molecule has 0 saturated heterocycles. The molecule has 0 saturated carbocycles. The fourth-order valence-electron chi connectivity index (χ4n) is 2.67. The van der Waals surface area contributed by atoms with E-state index in [1.165, 1.54) is 4.90 Å². The average Bonchev–Trinajstić information content (AvgIpc) is 2.81. The van der Waals surface area contributed by atoms with Crippen LogP contribution in [0.5, 0.6) is 23.0 Å². The predicted molar refractivity (Wildman–Crippen MR) is 120 cm³/mol. The first-order valence-corrected chi connectivity index (χ1v) is 9.68. The summed E-state index contributed by atoms with van der Waals surface area (Å²) in [5, 5.41) is 67.0. The Hall–Kier alpha value is -5.19. The number of likely N-dealkylation sites (N-methyl/N-ethyl adjacent to an activating group) is 1. The quantitative estimate of drug-likeness (QED) is 0.110. The molecule has 0 spiro atoms. The van der Waals surface area contributed by atoms with Crippen molar-refractivity contribution in [2.75, 3.05) is 13.1 Å². The van der Waals surface area contributed by atoms with Gasteiger partial charge < -0.3 is 25.3 Å². The number of benzene rings is 2. The van der Waals surface area contributed by atoms with E-state index in [0.29, 0.717) is 19.4 Å². The molecule has 1 amide bonds.